The summed E-state index contributed by atoms with van der Waals surface area (Å²) in [6.45, 7) is 2.64. The summed E-state index contributed by atoms with van der Waals surface area (Å²) in [6.07, 6.45) is 0. The molecule has 5 rings (SSSR count). The fourth-order valence-corrected chi connectivity index (χ4v) is 4.46. The fraction of sp³-hybridized carbons (Fsp3) is 0.286. The van der Waals surface area contributed by atoms with Crippen LogP contribution in [-0.4, -0.2) is 78.1 Å². The van der Waals surface area contributed by atoms with E-state index in [-0.39, 0.29) is 12.5 Å². The van der Waals surface area contributed by atoms with Gasteiger partial charge in [0.05, 0.1) is 21.3 Å². The van der Waals surface area contributed by atoms with Crippen molar-refractivity contribution in [3.63, 3.8) is 0 Å². The molecule has 0 radical (unpaired) electrons. The molecule has 10 nitrogen and oxygen atoms in total. The van der Waals surface area contributed by atoms with Crippen LogP contribution in [0.1, 0.15) is 0 Å². The first-order chi connectivity index (χ1) is 18.6. The van der Waals surface area contributed by atoms with Gasteiger partial charge in [-0.3, -0.25) is 4.79 Å². The molecular weight excluding hydrogens is 484 g/mol. The summed E-state index contributed by atoms with van der Waals surface area (Å²) in [5.74, 6) is 3.75. The Labute approximate surface area is 221 Å². The van der Waals surface area contributed by atoms with Crippen LogP contribution in [0.25, 0.3) is 22.8 Å². The second-order valence-corrected chi connectivity index (χ2v) is 8.76. The lowest BCUT2D eigenvalue weighted by molar-refractivity contribution is -0.132. The van der Waals surface area contributed by atoms with Crippen LogP contribution in [0, 0.1) is 0 Å². The molecule has 1 amide bonds. The molecule has 4 aromatic rings. The van der Waals surface area contributed by atoms with E-state index >= 15 is 0 Å². The summed E-state index contributed by atoms with van der Waals surface area (Å²) in [4.78, 5) is 26.7. The van der Waals surface area contributed by atoms with Crippen LogP contribution < -0.4 is 19.1 Å². The molecule has 10 heteroatoms. The van der Waals surface area contributed by atoms with Crippen molar-refractivity contribution in [1.29, 1.82) is 0 Å². The number of methoxy groups -OCH3 is 3. The van der Waals surface area contributed by atoms with E-state index in [4.69, 9.17) is 24.3 Å². The van der Waals surface area contributed by atoms with Gasteiger partial charge in [-0.15, -0.1) is 5.10 Å². The first-order valence-corrected chi connectivity index (χ1v) is 12.4. The number of carbonyl (C=O) groups is 1. The SMILES string of the molecule is COc1cccc(N2CCN(C(=O)Cn3nc(-c4ccc(OC)c(OC)c4)nc3-c3ccccc3)CC2)n1. The number of nitrogens with zero attached hydrogens (tertiary/aromatic N) is 6. The summed E-state index contributed by atoms with van der Waals surface area (Å²) >= 11 is 0. The molecule has 2 aromatic heterocycles. The van der Waals surface area contributed by atoms with Gasteiger partial charge in [0, 0.05) is 43.4 Å². The fourth-order valence-electron chi connectivity index (χ4n) is 4.46. The van der Waals surface area contributed by atoms with E-state index in [1.54, 1.807) is 26.0 Å². The summed E-state index contributed by atoms with van der Waals surface area (Å²) in [7, 11) is 4.79. The third kappa shape index (κ3) is 5.24. The summed E-state index contributed by atoms with van der Waals surface area (Å²) in [5.41, 5.74) is 1.65. The third-order valence-corrected chi connectivity index (χ3v) is 6.50. The molecule has 38 heavy (non-hydrogen) atoms. The molecule has 0 saturated carbocycles. The average molecular weight is 515 g/mol. The van der Waals surface area contributed by atoms with Gasteiger partial charge in [0.1, 0.15) is 12.4 Å². The Morgan fingerprint density at radius 3 is 2.26 bits per heavy atom. The van der Waals surface area contributed by atoms with Crippen molar-refractivity contribution in [2.45, 2.75) is 6.54 Å². The molecule has 0 bridgehead atoms. The highest BCUT2D eigenvalue weighted by Crippen LogP contribution is 2.32. The first-order valence-electron chi connectivity index (χ1n) is 12.4. The van der Waals surface area contributed by atoms with E-state index in [2.05, 4.69) is 9.88 Å². The predicted molar refractivity (Wildman–Crippen MR) is 144 cm³/mol. The smallest absolute Gasteiger partial charge is 0.244 e. The van der Waals surface area contributed by atoms with Crippen molar-refractivity contribution in [3.8, 4) is 40.2 Å². The van der Waals surface area contributed by atoms with Crippen molar-refractivity contribution in [2.75, 3.05) is 52.4 Å². The molecule has 3 heterocycles. The highest BCUT2D eigenvalue weighted by atomic mass is 16.5. The second kappa shape index (κ2) is 11.2. The van der Waals surface area contributed by atoms with E-state index in [0.717, 1.165) is 16.9 Å². The van der Waals surface area contributed by atoms with Crippen molar-refractivity contribution in [3.05, 3.63) is 66.7 Å². The molecule has 0 unspecified atom stereocenters. The number of carbonyl (C=O) groups excluding carboxylic acids is 1. The van der Waals surface area contributed by atoms with Gasteiger partial charge in [-0.1, -0.05) is 36.4 Å². The summed E-state index contributed by atoms with van der Waals surface area (Å²) < 4.78 is 17.7. The molecule has 1 aliphatic rings. The predicted octanol–water partition coefficient (Wildman–Crippen LogP) is 3.38. The van der Waals surface area contributed by atoms with Crippen molar-refractivity contribution in [2.24, 2.45) is 0 Å². The Morgan fingerprint density at radius 2 is 1.55 bits per heavy atom. The van der Waals surface area contributed by atoms with E-state index in [1.165, 1.54) is 0 Å². The first kappa shape index (κ1) is 25.1. The number of amides is 1. The molecular formula is C28H30N6O4. The minimum Gasteiger partial charge on any atom is -0.493 e. The van der Waals surface area contributed by atoms with E-state index in [1.807, 2.05) is 71.6 Å². The number of ether oxygens (including phenoxy) is 3. The molecule has 0 aliphatic carbocycles. The molecule has 0 atom stereocenters. The van der Waals surface area contributed by atoms with Crippen LogP contribution in [-0.2, 0) is 11.3 Å². The van der Waals surface area contributed by atoms with Gasteiger partial charge in [-0.2, -0.15) is 4.98 Å². The second-order valence-electron chi connectivity index (χ2n) is 8.76. The van der Waals surface area contributed by atoms with Gasteiger partial charge in [-0.25, -0.2) is 9.67 Å². The van der Waals surface area contributed by atoms with Crippen LogP contribution in [0.4, 0.5) is 5.82 Å². The quantitative estimate of drug-likeness (QED) is 0.353. The Bertz CT molecular complexity index is 1400. The van der Waals surface area contributed by atoms with Gasteiger partial charge in [0.15, 0.2) is 23.1 Å². The molecule has 1 saturated heterocycles. The van der Waals surface area contributed by atoms with E-state index in [9.17, 15) is 4.79 Å². The molecule has 1 aliphatic heterocycles. The Balaban J connectivity index is 1.35. The van der Waals surface area contributed by atoms with Crippen molar-refractivity contribution in [1.82, 2.24) is 24.6 Å². The standard InChI is InChI=1S/C28H30N6O4/c1-36-22-13-12-21(18-23(22)37-2)27-30-28(20-8-5-4-6-9-20)34(31-27)19-26(35)33-16-14-32(15-17-33)24-10-7-11-25(29-24)38-3/h4-13,18H,14-17,19H2,1-3H3. The van der Waals surface area contributed by atoms with Crippen LogP contribution in [0.15, 0.2) is 66.7 Å². The largest absolute Gasteiger partial charge is 0.493 e. The number of hydrogen-bond acceptors (Lipinski definition) is 8. The molecule has 0 spiro atoms. The van der Waals surface area contributed by atoms with E-state index < -0.39 is 0 Å². The van der Waals surface area contributed by atoms with E-state index in [0.29, 0.717) is 55.2 Å². The van der Waals surface area contributed by atoms with Crippen molar-refractivity contribution >= 4 is 11.7 Å². The zero-order valence-electron chi connectivity index (χ0n) is 21.7. The zero-order chi connectivity index (χ0) is 26.5. The number of anilines is 1. The molecule has 196 valence electrons. The zero-order valence-corrected chi connectivity index (χ0v) is 21.7. The Hall–Kier alpha value is -4.60. The molecule has 2 aromatic carbocycles. The molecule has 0 N–H and O–H groups in total. The highest BCUT2D eigenvalue weighted by molar-refractivity contribution is 5.77. The number of piperazine rings is 1. The lowest BCUT2D eigenvalue weighted by Gasteiger charge is -2.35. The van der Waals surface area contributed by atoms with Gasteiger partial charge < -0.3 is 24.0 Å². The van der Waals surface area contributed by atoms with Crippen LogP contribution in [0.5, 0.6) is 17.4 Å². The average Bonchev–Trinajstić information content (AvgIpc) is 3.41. The minimum absolute atomic E-state index is 0.0100. The number of rotatable bonds is 8. The topological polar surface area (TPSA) is 94.8 Å². The summed E-state index contributed by atoms with van der Waals surface area (Å²) in [5, 5.41) is 4.73. The Morgan fingerprint density at radius 1 is 0.789 bits per heavy atom. The lowest BCUT2D eigenvalue weighted by atomic mass is 10.2. The Kier molecular flexibility index (Phi) is 7.39. The monoisotopic (exact) mass is 514 g/mol. The number of aromatic nitrogens is 4. The number of benzene rings is 2. The summed E-state index contributed by atoms with van der Waals surface area (Å²) in [6, 6.07) is 21.0. The number of pyridine rings is 1. The lowest BCUT2D eigenvalue weighted by Crippen LogP contribution is -2.50. The maximum absolute atomic E-state index is 13.4. The highest BCUT2D eigenvalue weighted by Gasteiger charge is 2.24. The van der Waals surface area contributed by atoms with Gasteiger partial charge >= 0.3 is 0 Å². The normalized spacial score (nSPS) is 13.3. The van der Waals surface area contributed by atoms with Gasteiger partial charge in [0.25, 0.3) is 0 Å². The minimum atomic E-state index is -0.0100. The molecule has 1 fully saturated rings. The van der Waals surface area contributed by atoms with Crippen LogP contribution >= 0.6 is 0 Å². The van der Waals surface area contributed by atoms with Crippen LogP contribution in [0.2, 0.25) is 0 Å². The maximum atomic E-state index is 13.4. The van der Waals surface area contributed by atoms with Crippen LogP contribution in [0.3, 0.4) is 0 Å². The third-order valence-electron chi connectivity index (χ3n) is 6.50. The van der Waals surface area contributed by atoms with Gasteiger partial charge in [-0.05, 0) is 24.3 Å². The van der Waals surface area contributed by atoms with Crippen molar-refractivity contribution < 1.29 is 19.0 Å². The maximum Gasteiger partial charge on any atom is 0.244 e. The van der Waals surface area contributed by atoms with Gasteiger partial charge in [0.2, 0.25) is 11.8 Å². The number of hydrogen-bond donors (Lipinski definition) is 0.